The predicted molar refractivity (Wildman–Crippen MR) is 184 cm³/mol. The smallest absolute Gasteiger partial charge is 0.196 e. The average molecular weight is 594 g/mol. The molecular weight excluding hydrogens is 566 g/mol. The third kappa shape index (κ3) is 4.47. The van der Waals surface area contributed by atoms with Crippen molar-refractivity contribution >= 4 is 27.5 Å². The van der Waals surface area contributed by atoms with Gasteiger partial charge < -0.3 is 14.6 Å². The molecule has 0 radical (unpaired) electrons. The number of hydrogen-bond acceptors (Lipinski definition) is 5. The standard InChI is InChI=1S/C40H27N5O/c1-4-12-26(13-5-1)37-42-38(27-14-6-2-7-15-27)44-39(43-37)28-20-22-30(23-21-28)45-34-19-11-10-18-31(34)32-24-36-33(25-35(32)45)41-40(46-36)29-16-8-3-9-17-29/h1-25,40-41H. The minimum absolute atomic E-state index is 0.219. The summed E-state index contributed by atoms with van der Waals surface area (Å²) in [5, 5.41) is 5.90. The molecule has 0 spiro atoms. The summed E-state index contributed by atoms with van der Waals surface area (Å²) in [7, 11) is 0. The van der Waals surface area contributed by atoms with Gasteiger partial charge in [0.05, 0.1) is 16.7 Å². The van der Waals surface area contributed by atoms with Crippen LogP contribution in [0.5, 0.6) is 5.75 Å². The molecule has 1 unspecified atom stereocenters. The van der Waals surface area contributed by atoms with Crippen molar-refractivity contribution in [3.63, 3.8) is 0 Å². The predicted octanol–water partition coefficient (Wildman–Crippen LogP) is 9.47. The summed E-state index contributed by atoms with van der Waals surface area (Å²) in [5.41, 5.74) is 8.18. The maximum Gasteiger partial charge on any atom is 0.196 e. The van der Waals surface area contributed by atoms with Crippen molar-refractivity contribution in [2.75, 3.05) is 5.32 Å². The highest BCUT2D eigenvalue weighted by atomic mass is 16.5. The summed E-state index contributed by atoms with van der Waals surface area (Å²) in [5.74, 6) is 2.78. The number of aromatic nitrogens is 4. The number of ether oxygens (including phenoxy) is 1. The maximum atomic E-state index is 6.37. The van der Waals surface area contributed by atoms with Gasteiger partial charge >= 0.3 is 0 Å². The van der Waals surface area contributed by atoms with Crippen molar-refractivity contribution in [2.24, 2.45) is 0 Å². The van der Waals surface area contributed by atoms with E-state index in [1.165, 1.54) is 5.39 Å². The van der Waals surface area contributed by atoms with E-state index in [1.807, 2.05) is 78.9 Å². The van der Waals surface area contributed by atoms with Crippen molar-refractivity contribution in [3.05, 3.63) is 157 Å². The van der Waals surface area contributed by atoms with Crippen molar-refractivity contribution in [1.82, 2.24) is 19.5 Å². The molecule has 46 heavy (non-hydrogen) atoms. The van der Waals surface area contributed by atoms with Crippen molar-refractivity contribution in [2.45, 2.75) is 6.23 Å². The largest absolute Gasteiger partial charge is 0.464 e. The summed E-state index contributed by atoms with van der Waals surface area (Å²) in [6.07, 6.45) is -0.219. The van der Waals surface area contributed by atoms with Crippen LogP contribution >= 0.6 is 0 Å². The number of nitrogens with zero attached hydrogens (tertiary/aromatic N) is 4. The zero-order chi connectivity index (χ0) is 30.5. The van der Waals surface area contributed by atoms with Gasteiger partial charge in [0, 0.05) is 38.7 Å². The van der Waals surface area contributed by atoms with E-state index in [4.69, 9.17) is 19.7 Å². The lowest BCUT2D eigenvalue weighted by atomic mass is 10.1. The first-order valence-electron chi connectivity index (χ1n) is 15.3. The number of para-hydroxylation sites is 1. The SMILES string of the molecule is c1ccc(-c2nc(-c3ccccc3)nc(-c3ccc(-n4c5ccccc5c5cc6c(cc54)NC(c4ccccc4)O6)cc3)n2)cc1. The number of fused-ring (bicyclic) bond motifs is 4. The molecule has 218 valence electrons. The fourth-order valence-electron chi connectivity index (χ4n) is 6.26. The van der Waals surface area contributed by atoms with E-state index in [-0.39, 0.29) is 6.23 Å². The van der Waals surface area contributed by atoms with E-state index in [1.54, 1.807) is 0 Å². The van der Waals surface area contributed by atoms with Crippen LogP contribution in [0.15, 0.2) is 152 Å². The number of rotatable bonds is 5. The molecule has 8 aromatic rings. The molecule has 2 aromatic heterocycles. The van der Waals surface area contributed by atoms with E-state index in [0.29, 0.717) is 17.5 Å². The van der Waals surface area contributed by atoms with Gasteiger partial charge in [0.2, 0.25) is 0 Å². The van der Waals surface area contributed by atoms with E-state index < -0.39 is 0 Å². The third-order valence-corrected chi connectivity index (χ3v) is 8.49. The molecule has 3 heterocycles. The molecule has 0 aliphatic carbocycles. The minimum Gasteiger partial charge on any atom is -0.464 e. The van der Waals surface area contributed by atoms with Gasteiger partial charge in [-0.15, -0.1) is 0 Å². The van der Waals surface area contributed by atoms with E-state index >= 15 is 0 Å². The van der Waals surface area contributed by atoms with Crippen LogP contribution in [0.4, 0.5) is 5.69 Å². The molecule has 9 rings (SSSR count). The summed E-state index contributed by atoms with van der Waals surface area (Å²) in [4.78, 5) is 14.7. The monoisotopic (exact) mass is 593 g/mol. The Kier molecular flexibility index (Phi) is 6.09. The van der Waals surface area contributed by atoms with Gasteiger partial charge in [-0.3, -0.25) is 0 Å². The lowest BCUT2D eigenvalue weighted by Crippen LogP contribution is -2.09. The molecule has 1 N–H and O–H groups in total. The van der Waals surface area contributed by atoms with Crippen LogP contribution in [0.1, 0.15) is 11.8 Å². The summed E-state index contributed by atoms with van der Waals surface area (Å²) < 4.78 is 8.68. The number of anilines is 1. The molecule has 0 saturated heterocycles. The van der Waals surface area contributed by atoms with Crippen molar-refractivity contribution < 1.29 is 4.74 Å². The molecule has 6 aromatic carbocycles. The van der Waals surface area contributed by atoms with Crippen LogP contribution in [0.3, 0.4) is 0 Å². The van der Waals surface area contributed by atoms with Gasteiger partial charge in [-0.25, -0.2) is 15.0 Å². The Morgan fingerprint density at radius 1 is 0.500 bits per heavy atom. The quantitative estimate of drug-likeness (QED) is 0.215. The Balaban J connectivity index is 1.14. The summed E-state index contributed by atoms with van der Waals surface area (Å²) >= 11 is 0. The molecule has 1 atom stereocenters. The summed E-state index contributed by atoms with van der Waals surface area (Å²) in [6, 6.07) is 51.7. The molecular formula is C40H27N5O. The normalized spacial score (nSPS) is 13.8. The van der Waals surface area contributed by atoms with Gasteiger partial charge in [0.1, 0.15) is 5.75 Å². The molecule has 1 aliphatic heterocycles. The Labute approximate surface area is 265 Å². The molecule has 0 saturated carbocycles. The number of nitrogens with one attached hydrogen (secondary N) is 1. The second kappa shape index (κ2) is 10.7. The van der Waals surface area contributed by atoms with Gasteiger partial charge in [0.25, 0.3) is 0 Å². The highest BCUT2D eigenvalue weighted by Crippen LogP contribution is 2.44. The molecule has 6 nitrogen and oxygen atoms in total. The summed E-state index contributed by atoms with van der Waals surface area (Å²) in [6.45, 7) is 0. The van der Waals surface area contributed by atoms with Crippen molar-refractivity contribution in [1.29, 1.82) is 0 Å². The molecule has 1 aliphatic rings. The molecule has 0 amide bonds. The topological polar surface area (TPSA) is 64.9 Å². The van der Waals surface area contributed by atoms with Crippen LogP contribution < -0.4 is 10.1 Å². The van der Waals surface area contributed by atoms with Crippen LogP contribution in [-0.2, 0) is 0 Å². The Hall–Kier alpha value is -6.27. The Morgan fingerprint density at radius 3 is 1.67 bits per heavy atom. The molecule has 0 bridgehead atoms. The van der Waals surface area contributed by atoms with Gasteiger partial charge in [-0.05, 0) is 42.5 Å². The molecule has 6 heteroatoms. The second-order valence-electron chi connectivity index (χ2n) is 11.4. The lowest BCUT2D eigenvalue weighted by molar-refractivity contribution is 0.260. The average Bonchev–Trinajstić information content (AvgIpc) is 3.70. The van der Waals surface area contributed by atoms with Crippen LogP contribution in [0, 0.1) is 0 Å². The lowest BCUT2D eigenvalue weighted by Gasteiger charge is -2.11. The highest BCUT2D eigenvalue weighted by Gasteiger charge is 2.26. The second-order valence-corrected chi connectivity index (χ2v) is 11.4. The fourth-order valence-corrected chi connectivity index (χ4v) is 6.26. The van der Waals surface area contributed by atoms with E-state index in [2.05, 4.69) is 82.7 Å². The van der Waals surface area contributed by atoms with Crippen LogP contribution in [0.25, 0.3) is 61.7 Å². The van der Waals surface area contributed by atoms with Crippen LogP contribution in [0.2, 0.25) is 0 Å². The Morgan fingerprint density at radius 2 is 1.04 bits per heavy atom. The van der Waals surface area contributed by atoms with Crippen molar-refractivity contribution in [3.8, 4) is 45.6 Å². The number of benzene rings is 6. The first-order valence-corrected chi connectivity index (χ1v) is 15.3. The third-order valence-electron chi connectivity index (χ3n) is 8.49. The zero-order valence-electron chi connectivity index (χ0n) is 24.7. The van der Waals surface area contributed by atoms with E-state index in [9.17, 15) is 0 Å². The van der Waals surface area contributed by atoms with Crippen LogP contribution in [-0.4, -0.2) is 19.5 Å². The fraction of sp³-hybridized carbons (Fsp3) is 0.0250. The Bertz CT molecular complexity index is 2290. The van der Waals surface area contributed by atoms with Gasteiger partial charge in [-0.1, -0.05) is 109 Å². The first kappa shape index (κ1) is 26.2. The first-order chi connectivity index (χ1) is 22.8. The minimum atomic E-state index is -0.219. The number of hydrogen-bond donors (Lipinski definition) is 1. The molecule has 0 fully saturated rings. The highest BCUT2D eigenvalue weighted by molar-refractivity contribution is 6.11. The van der Waals surface area contributed by atoms with Gasteiger partial charge in [-0.2, -0.15) is 0 Å². The maximum absolute atomic E-state index is 6.37. The zero-order valence-corrected chi connectivity index (χ0v) is 24.7. The van der Waals surface area contributed by atoms with Gasteiger partial charge in [0.15, 0.2) is 23.7 Å². The van der Waals surface area contributed by atoms with E-state index in [0.717, 1.165) is 55.8 Å².